The molecule has 1 aromatic heterocycles. The summed E-state index contributed by atoms with van der Waals surface area (Å²) in [5, 5.41) is 17.6. The van der Waals surface area contributed by atoms with Crippen LogP contribution in [0.1, 0.15) is 36.6 Å². The Morgan fingerprint density at radius 1 is 1.41 bits per heavy atom. The van der Waals surface area contributed by atoms with Gasteiger partial charge in [0.1, 0.15) is 11.6 Å². The first-order valence-corrected chi connectivity index (χ1v) is 6.16. The molecule has 1 fully saturated rings. The molecule has 0 N–H and O–H groups in total. The van der Waals surface area contributed by atoms with E-state index in [0.29, 0.717) is 5.56 Å². The van der Waals surface area contributed by atoms with Gasteiger partial charge in [0.15, 0.2) is 5.82 Å². The first kappa shape index (κ1) is 11.8. The first-order chi connectivity index (χ1) is 8.17. The predicted octanol–water partition coefficient (Wildman–Crippen LogP) is 2.20. The normalized spacial score (nSPS) is 19.4. The molecule has 4 heteroatoms. The number of nitrogens with zero attached hydrogens (tertiary/aromatic N) is 4. The van der Waals surface area contributed by atoms with Crippen LogP contribution >= 0.6 is 0 Å². The maximum absolute atomic E-state index is 9.26. The maximum Gasteiger partial charge on any atom is 0.169 e. The van der Waals surface area contributed by atoms with Gasteiger partial charge in [0.2, 0.25) is 0 Å². The van der Waals surface area contributed by atoms with Gasteiger partial charge in [0.05, 0.1) is 5.69 Å². The standard InChI is InChI=1S/C13H18N4/c1-4-11-5-6-17(8-11)13-12(7-14)9(2)10(3)15-16-13/h11H,4-6,8H2,1-3H3. The van der Waals surface area contributed by atoms with Crippen LogP contribution in [0.2, 0.25) is 0 Å². The fraction of sp³-hybridized carbons (Fsp3) is 0.615. The number of hydrogen-bond acceptors (Lipinski definition) is 4. The smallest absolute Gasteiger partial charge is 0.169 e. The lowest BCUT2D eigenvalue weighted by Crippen LogP contribution is -2.23. The molecular formula is C13H18N4. The first-order valence-electron chi connectivity index (χ1n) is 6.16. The van der Waals surface area contributed by atoms with Gasteiger partial charge in [-0.1, -0.05) is 13.3 Å². The lowest BCUT2D eigenvalue weighted by Gasteiger charge is -2.19. The van der Waals surface area contributed by atoms with Gasteiger partial charge in [-0.15, -0.1) is 5.10 Å². The van der Waals surface area contributed by atoms with E-state index in [-0.39, 0.29) is 0 Å². The summed E-state index contributed by atoms with van der Waals surface area (Å²) in [4.78, 5) is 2.20. The molecule has 1 saturated heterocycles. The highest BCUT2D eigenvalue weighted by atomic mass is 15.3. The molecule has 0 radical (unpaired) electrons. The minimum atomic E-state index is 0.689. The molecule has 1 aromatic rings. The Bertz CT molecular complexity index is 461. The molecule has 0 spiro atoms. The Kier molecular flexibility index (Phi) is 3.28. The van der Waals surface area contributed by atoms with Crippen molar-refractivity contribution in [1.29, 1.82) is 5.26 Å². The van der Waals surface area contributed by atoms with Crippen LogP contribution in [0, 0.1) is 31.1 Å². The lowest BCUT2D eigenvalue weighted by atomic mass is 10.1. The van der Waals surface area contributed by atoms with Crippen molar-refractivity contribution in [2.24, 2.45) is 5.92 Å². The summed E-state index contributed by atoms with van der Waals surface area (Å²) in [5.41, 5.74) is 2.49. The minimum Gasteiger partial charge on any atom is -0.354 e. The highest BCUT2D eigenvalue weighted by Crippen LogP contribution is 2.27. The molecular weight excluding hydrogens is 212 g/mol. The third-order valence-electron chi connectivity index (χ3n) is 3.71. The minimum absolute atomic E-state index is 0.689. The number of rotatable bonds is 2. The quantitative estimate of drug-likeness (QED) is 0.781. The second kappa shape index (κ2) is 4.70. The molecule has 0 saturated carbocycles. The van der Waals surface area contributed by atoms with E-state index in [1.807, 2.05) is 13.8 Å². The summed E-state index contributed by atoms with van der Waals surface area (Å²) in [6, 6.07) is 2.27. The van der Waals surface area contributed by atoms with Crippen LogP contribution in [0.5, 0.6) is 0 Å². The van der Waals surface area contributed by atoms with E-state index in [4.69, 9.17) is 0 Å². The third kappa shape index (κ3) is 2.10. The van der Waals surface area contributed by atoms with Gasteiger partial charge < -0.3 is 4.90 Å². The van der Waals surface area contributed by atoms with Crippen LogP contribution in [-0.2, 0) is 0 Å². The van der Waals surface area contributed by atoms with E-state index in [1.165, 1.54) is 12.8 Å². The maximum atomic E-state index is 9.26. The highest BCUT2D eigenvalue weighted by Gasteiger charge is 2.25. The van der Waals surface area contributed by atoms with Gasteiger partial charge in [0, 0.05) is 13.1 Å². The summed E-state index contributed by atoms with van der Waals surface area (Å²) in [6.07, 6.45) is 2.38. The highest BCUT2D eigenvalue weighted by molar-refractivity contribution is 5.57. The van der Waals surface area contributed by atoms with Crippen molar-refractivity contribution in [1.82, 2.24) is 10.2 Å². The van der Waals surface area contributed by atoms with Gasteiger partial charge in [0.25, 0.3) is 0 Å². The molecule has 1 aliphatic rings. The van der Waals surface area contributed by atoms with E-state index in [0.717, 1.165) is 36.1 Å². The Morgan fingerprint density at radius 3 is 2.76 bits per heavy atom. The fourth-order valence-corrected chi connectivity index (χ4v) is 2.31. The van der Waals surface area contributed by atoms with Gasteiger partial charge in [-0.3, -0.25) is 0 Å². The van der Waals surface area contributed by atoms with E-state index in [2.05, 4.69) is 28.1 Å². The molecule has 0 aromatic carbocycles. The number of hydrogen-bond donors (Lipinski definition) is 0. The second-order valence-electron chi connectivity index (χ2n) is 4.73. The average Bonchev–Trinajstić information content (AvgIpc) is 2.81. The lowest BCUT2D eigenvalue weighted by molar-refractivity contribution is 0.568. The van der Waals surface area contributed by atoms with Crippen molar-refractivity contribution in [3.8, 4) is 6.07 Å². The van der Waals surface area contributed by atoms with Gasteiger partial charge in [-0.2, -0.15) is 10.4 Å². The fourth-order valence-electron chi connectivity index (χ4n) is 2.31. The molecule has 4 nitrogen and oxygen atoms in total. The Labute approximate surface area is 102 Å². The molecule has 1 aliphatic heterocycles. The summed E-state index contributed by atoms with van der Waals surface area (Å²) in [5.74, 6) is 1.50. The summed E-state index contributed by atoms with van der Waals surface area (Å²) < 4.78 is 0. The Morgan fingerprint density at radius 2 is 2.18 bits per heavy atom. The molecule has 1 atom stereocenters. The predicted molar refractivity (Wildman–Crippen MR) is 66.8 cm³/mol. The number of aryl methyl sites for hydroxylation is 1. The Balaban J connectivity index is 2.34. The molecule has 2 rings (SSSR count). The van der Waals surface area contributed by atoms with Crippen LogP contribution in [0.25, 0.3) is 0 Å². The molecule has 0 aliphatic carbocycles. The summed E-state index contributed by atoms with van der Waals surface area (Å²) in [7, 11) is 0. The number of anilines is 1. The number of aromatic nitrogens is 2. The topological polar surface area (TPSA) is 52.8 Å². The van der Waals surface area contributed by atoms with E-state index in [1.54, 1.807) is 0 Å². The Hall–Kier alpha value is -1.63. The summed E-state index contributed by atoms with van der Waals surface area (Å²) >= 11 is 0. The van der Waals surface area contributed by atoms with Crippen LogP contribution < -0.4 is 4.90 Å². The molecule has 17 heavy (non-hydrogen) atoms. The zero-order valence-corrected chi connectivity index (χ0v) is 10.7. The van der Waals surface area contributed by atoms with Crippen molar-refractivity contribution in [2.75, 3.05) is 18.0 Å². The van der Waals surface area contributed by atoms with Crippen molar-refractivity contribution in [3.63, 3.8) is 0 Å². The van der Waals surface area contributed by atoms with Gasteiger partial charge in [-0.05, 0) is 31.7 Å². The van der Waals surface area contributed by atoms with Crippen LogP contribution in [-0.4, -0.2) is 23.3 Å². The average molecular weight is 230 g/mol. The zero-order chi connectivity index (χ0) is 12.4. The number of nitriles is 1. The molecule has 0 bridgehead atoms. The second-order valence-corrected chi connectivity index (χ2v) is 4.73. The van der Waals surface area contributed by atoms with E-state index in [9.17, 15) is 5.26 Å². The van der Waals surface area contributed by atoms with Crippen molar-refractivity contribution >= 4 is 5.82 Å². The molecule has 2 heterocycles. The SMILES string of the molecule is CCC1CCN(c2nnc(C)c(C)c2C#N)C1. The molecule has 1 unspecified atom stereocenters. The summed E-state index contributed by atoms with van der Waals surface area (Å²) in [6.45, 7) is 8.05. The molecule has 0 amide bonds. The monoisotopic (exact) mass is 230 g/mol. The van der Waals surface area contributed by atoms with Crippen molar-refractivity contribution in [3.05, 3.63) is 16.8 Å². The van der Waals surface area contributed by atoms with Crippen LogP contribution in [0.3, 0.4) is 0 Å². The third-order valence-corrected chi connectivity index (χ3v) is 3.71. The van der Waals surface area contributed by atoms with Crippen molar-refractivity contribution < 1.29 is 0 Å². The van der Waals surface area contributed by atoms with Crippen LogP contribution in [0.15, 0.2) is 0 Å². The van der Waals surface area contributed by atoms with E-state index < -0.39 is 0 Å². The van der Waals surface area contributed by atoms with E-state index >= 15 is 0 Å². The largest absolute Gasteiger partial charge is 0.354 e. The molecule has 90 valence electrons. The van der Waals surface area contributed by atoms with Gasteiger partial charge >= 0.3 is 0 Å². The van der Waals surface area contributed by atoms with Gasteiger partial charge in [-0.25, -0.2) is 0 Å². The van der Waals surface area contributed by atoms with Crippen molar-refractivity contribution in [2.45, 2.75) is 33.6 Å². The zero-order valence-electron chi connectivity index (χ0n) is 10.7. The van der Waals surface area contributed by atoms with Crippen LogP contribution in [0.4, 0.5) is 5.82 Å².